The summed E-state index contributed by atoms with van der Waals surface area (Å²) in [6, 6.07) is 10.4. The van der Waals surface area contributed by atoms with Crippen molar-refractivity contribution < 1.29 is 4.79 Å². The van der Waals surface area contributed by atoms with Crippen LogP contribution in [-0.4, -0.2) is 36.0 Å². The van der Waals surface area contributed by atoms with Gasteiger partial charge < -0.3 is 16.4 Å². The summed E-state index contributed by atoms with van der Waals surface area (Å²) in [5, 5.41) is 0. The van der Waals surface area contributed by atoms with Crippen LogP contribution < -0.4 is 11.5 Å². The van der Waals surface area contributed by atoms with Crippen molar-refractivity contribution in [1.82, 2.24) is 4.90 Å². The Hall–Kier alpha value is -1.39. The Bertz CT molecular complexity index is 397. The minimum Gasteiger partial charge on any atom is -0.368 e. The molecule has 0 aliphatic carbocycles. The Morgan fingerprint density at radius 2 is 1.83 bits per heavy atom. The molecule has 0 bridgehead atoms. The van der Waals surface area contributed by atoms with E-state index < -0.39 is 5.54 Å². The predicted octanol–water partition coefficient (Wildman–Crippen LogP) is 0.508. The van der Waals surface area contributed by atoms with Crippen molar-refractivity contribution in [1.29, 1.82) is 0 Å². The smallest absolute Gasteiger partial charge is 0.237 e. The van der Waals surface area contributed by atoms with Gasteiger partial charge in [-0.2, -0.15) is 0 Å². The predicted molar refractivity (Wildman–Crippen MR) is 71.9 cm³/mol. The molecule has 1 fully saturated rings. The van der Waals surface area contributed by atoms with Crippen LogP contribution in [-0.2, 0) is 11.2 Å². The highest BCUT2D eigenvalue weighted by Gasteiger charge is 2.35. The molecule has 0 saturated carbocycles. The van der Waals surface area contributed by atoms with Crippen molar-refractivity contribution in [2.75, 3.05) is 19.6 Å². The SMILES string of the molecule is NC(=O)C1(N)CCN(CCc2ccccc2)CC1. The lowest BCUT2D eigenvalue weighted by molar-refractivity contribution is -0.124. The Morgan fingerprint density at radius 1 is 1.22 bits per heavy atom. The highest BCUT2D eigenvalue weighted by molar-refractivity contribution is 5.84. The average molecular weight is 247 g/mol. The van der Waals surface area contributed by atoms with E-state index in [0.717, 1.165) is 26.1 Å². The molecule has 4 nitrogen and oxygen atoms in total. The van der Waals surface area contributed by atoms with Crippen LogP contribution in [0, 0.1) is 0 Å². The zero-order valence-electron chi connectivity index (χ0n) is 10.6. The number of benzene rings is 1. The first-order valence-electron chi connectivity index (χ1n) is 6.45. The van der Waals surface area contributed by atoms with E-state index in [-0.39, 0.29) is 5.91 Å². The second-order valence-corrected chi connectivity index (χ2v) is 5.10. The number of nitrogens with two attached hydrogens (primary N) is 2. The number of piperidine rings is 1. The van der Waals surface area contributed by atoms with E-state index in [1.54, 1.807) is 0 Å². The number of hydrogen-bond acceptors (Lipinski definition) is 3. The third-order valence-electron chi connectivity index (χ3n) is 3.80. The van der Waals surface area contributed by atoms with Crippen LogP contribution in [0.25, 0.3) is 0 Å². The van der Waals surface area contributed by atoms with E-state index in [1.807, 2.05) is 6.07 Å². The number of likely N-dealkylation sites (tertiary alicyclic amines) is 1. The van der Waals surface area contributed by atoms with E-state index in [0.29, 0.717) is 12.8 Å². The number of nitrogens with zero attached hydrogens (tertiary/aromatic N) is 1. The van der Waals surface area contributed by atoms with Crippen LogP contribution >= 0.6 is 0 Å². The van der Waals surface area contributed by atoms with Crippen molar-refractivity contribution in [2.24, 2.45) is 11.5 Å². The number of carbonyl (C=O) groups excluding carboxylic acids is 1. The molecule has 1 aromatic rings. The Morgan fingerprint density at radius 3 is 2.39 bits per heavy atom. The van der Waals surface area contributed by atoms with Gasteiger partial charge in [-0.1, -0.05) is 30.3 Å². The molecule has 4 heteroatoms. The van der Waals surface area contributed by atoms with E-state index >= 15 is 0 Å². The van der Waals surface area contributed by atoms with E-state index in [2.05, 4.69) is 29.2 Å². The van der Waals surface area contributed by atoms with Crippen LogP contribution in [0.5, 0.6) is 0 Å². The summed E-state index contributed by atoms with van der Waals surface area (Å²) in [6.45, 7) is 2.72. The van der Waals surface area contributed by atoms with E-state index in [4.69, 9.17) is 11.5 Å². The molecule has 4 N–H and O–H groups in total. The number of primary amides is 1. The molecule has 1 aliphatic rings. The topological polar surface area (TPSA) is 72.3 Å². The molecule has 18 heavy (non-hydrogen) atoms. The maximum Gasteiger partial charge on any atom is 0.237 e. The highest BCUT2D eigenvalue weighted by atomic mass is 16.1. The fourth-order valence-corrected chi connectivity index (χ4v) is 2.35. The van der Waals surface area contributed by atoms with Gasteiger partial charge in [0.15, 0.2) is 0 Å². The summed E-state index contributed by atoms with van der Waals surface area (Å²) in [5.41, 5.74) is 11.9. The lowest BCUT2D eigenvalue weighted by Gasteiger charge is -2.36. The molecule has 0 radical (unpaired) electrons. The molecular formula is C14H21N3O. The van der Waals surface area contributed by atoms with Gasteiger partial charge in [-0.3, -0.25) is 4.79 Å². The molecule has 1 heterocycles. The zero-order chi connectivity index (χ0) is 13.0. The molecule has 0 spiro atoms. The van der Waals surface area contributed by atoms with Gasteiger partial charge in [0.25, 0.3) is 0 Å². The maximum absolute atomic E-state index is 11.2. The number of rotatable bonds is 4. The van der Waals surface area contributed by atoms with Gasteiger partial charge in [0.05, 0.1) is 5.54 Å². The van der Waals surface area contributed by atoms with Crippen molar-refractivity contribution >= 4 is 5.91 Å². The molecule has 1 aromatic carbocycles. The second-order valence-electron chi connectivity index (χ2n) is 5.10. The van der Waals surface area contributed by atoms with Gasteiger partial charge in [-0.05, 0) is 24.8 Å². The zero-order valence-corrected chi connectivity index (χ0v) is 10.6. The summed E-state index contributed by atoms with van der Waals surface area (Å²) in [4.78, 5) is 13.6. The maximum atomic E-state index is 11.2. The van der Waals surface area contributed by atoms with Gasteiger partial charge in [-0.15, -0.1) is 0 Å². The van der Waals surface area contributed by atoms with Gasteiger partial charge in [0.1, 0.15) is 0 Å². The second kappa shape index (κ2) is 5.50. The average Bonchev–Trinajstić information content (AvgIpc) is 2.39. The molecule has 98 valence electrons. The summed E-state index contributed by atoms with van der Waals surface area (Å²) < 4.78 is 0. The number of amides is 1. The summed E-state index contributed by atoms with van der Waals surface area (Å²) >= 11 is 0. The monoisotopic (exact) mass is 247 g/mol. The van der Waals surface area contributed by atoms with Gasteiger partial charge in [0, 0.05) is 19.6 Å². The van der Waals surface area contributed by atoms with E-state index in [1.165, 1.54) is 5.56 Å². The summed E-state index contributed by atoms with van der Waals surface area (Å²) in [5.74, 6) is -0.370. The molecule has 2 rings (SSSR count). The van der Waals surface area contributed by atoms with Crippen molar-refractivity contribution in [2.45, 2.75) is 24.8 Å². The normalized spacial score (nSPS) is 19.6. The number of hydrogen-bond donors (Lipinski definition) is 2. The Kier molecular flexibility index (Phi) is 3.99. The Balaban J connectivity index is 1.79. The van der Waals surface area contributed by atoms with Gasteiger partial charge in [-0.25, -0.2) is 0 Å². The quantitative estimate of drug-likeness (QED) is 0.814. The summed E-state index contributed by atoms with van der Waals surface area (Å²) in [7, 11) is 0. The first-order valence-corrected chi connectivity index (χ1v) is 6.45. The number of carbonyl (C=O) groups is 1. The Labute approximate surface area is 108 Å². The molecular weight excluding hydrogens is 226 g/mol. The standard InChI is InChI=1S/C14H21N3O/c15-13(18)14(16)7-10-17(11-8-14)9-6-12-4-2-1-3-5-12/h1-5H,6-11,16H2,(H2,15,18). The summed E-state index contributed by atoms with van der Waals surface area (Å²) in [6.07, 6.45) is 2.36. The van der Waals surface area contributed by atoms with Crippen molar-refractivity contribution in [3.05, 3.63) is 35.9 Å². The fraction of sp³-hybridized carbons (Fsp3) is 0.500. The molecule has 0 atom stereocenters. The van der Waals surface area contributed by atoms with Crippen LogP contribution in [0.15, 0.2) is 30.3 Å². The van der Waals surface area contributed by atoms with Crippen LogP contribution in [0.4, 0.5) is 0 Å². The molecule has 1 saturated heterocycles. The fourth-order valence-electron chi connectivity index (χ4n) is 2.35. The largest absolute Gasteiger partial charge is 0.368 e. The lowest BCUT2D eigenvalue weighted by Crippen LogP contribution is -2.58. The van der Waals surface area contributed by atoms with Crippen LogP contribution in [0.1, 0.15) is 18.4 Å². The molecule has 0 aromatic heterocycles. The van der Waals surface area contributed by atoms with Crippen molar-refractivity contribution in [3.8, 4) is 0 Å². The molecule has 1 amide bonds. The van der Waals surface area contributed by atoms with Gasteiger partial charge >= 0.3 is 0 Å². The van der Waals surface area contributed by atoms with E-state index in [9.17, 15) is 4.79 Å². The first-order chi connectivity index (χ1) is 8.60. The van der Waals surface area contributed by atoms with Crippen molar-refractivity contribution in [3.63, 3.8) is 0 Å². The lowest BCUT2D eigenvalue weighted by atomic mass is 9.88. The molecule has 0 unspecified atom stereocenters. The van der Waals surface area contributed by atoms with Gasteiger partial charge in [0.2, 0.25) is 5.91 Å². The van der Waals surface area contributed by atoms with Crippen LogP contribution in [0.3, 0.4) is 0 Å². The molecule has 1 aliphatic heterocycles. The minimum atomic E-state index is -0.788. The highest BCUT2D eigenvalue weighted by Crippen LogP contribution is 2.19. The minimum absolute atomic E-state index is 0.370. The first kappa shape index (κ1) is 13.1. The third-order valence-corrected chi connectivity index (χ3v) is 3.80. The van der Waals surface area contributed by atoms with Crippen LogP contribution in [0.2, 0.25) is 0 Å². The third kappa shape index (κ3) is 3.09.